The van der Waals surface area contributed by atoms with E-state index in [1.165, 1.54) is 82.5 Å². The fourth-order valence-electron chi connectivity index (χ4n) is 8.71. The minimum absolute atomic E-state index is 0.970. The summed E-state index contributed by atoms with van der Waals surface area (Å²) in [5.74, 6) is 0. The molecule has 4 nitrogen and oxygen atoms in total. The highest BCUT2D eigenvalue weighted by Gasteiger charge is 2.18. The number of hydrogen-bond acceptors (Lipinski definition) is 1. The Hall–Kier alpha value is -6.91. The van der Waals surface area contributed by atoms with E-state index in [9.17, 15) is 0 Å². The molecule has 0 saturated heterocycles. The van der Waals surface area contributed by atoms with Gasteiger partial charge in [-0.05, 0) is 129 Å². The number of aryl methyl sites for hydroxylation is 3. The van der Waals surface area contributed by atoms with Crippen molar-refractivity contribution >= 4 is 65.5 Å². The fourth-order valence-corrected chi connectivity index (χ4v) is 8.71. The molecule has 0 aliphatic rings. The molecular formula is C50H36N4. The van der Waals surface area contributed by atoms with E-state index in [2.05, 4.69) is 186 Å². The van der Waals surface area contributed by atoms with Crippen LogP contribution in [0.4, 0.5) is 0 Å². The van der Waals surface area contributed by atoms with Crippen LogP contribution in [0.3, 0.4) is 0 Å². The van der Waals surface area contributed by atoms with Crippen molar-refractivity contribution in [3.8, 4) is 28.2 Å². The van der Waals surface area contributed by atoms with Gasteiger partial charge in [0, 0.05) is 55.6 Å². The van der Waals surface area contributed by atoms with Gasteiger partial charge in [0.1, 0.15) is 5.65 Å². The minimum atomic E-state index is 0.970. The van der Waals surface area contributed by atoms with E-state index in [1.807, 2.05) is 12.3 Å². The molecule has 0 N–H and O–H groups in total. The molecule has 11 aromatic rings. The minimum Gasteiger partial charge on any atom is -0.309 e. The molecule has 54 heavy (non-hydrogen) atoms. The molecule has 4 aromatic heterocycles. The van der Waals surface area contributed by atoms with E-state index in [1.54, 1.807) is 0 Å². The van der Waals surface area contributed by atoms with Crippen LogP contribution < -0.4 is 0 Å². The molecule has 4 heterocycles. The summed E-state index contributed by atoms with van der Waals surface area (Å²) in [6, 6.07) is 58.1. The van der Waals surface area contributed by atoms with E-state index in [0.717, 1.165) is 27.9 Å². The summed E-state index contributed by atoms with van der Waals surface area (Å²) in [5.41, 5.74) is 16.5. The van der Waals surface area contributed by atoms with Crippen molar-refractivity contribution in [2.45, 2.75) is 20.8 Å². The number of rotatable bonds is 4. The van der Waals surface area contributed by atoms with Gasteiger partial charge in [0.05, 0.1) is 27.6 Å². The van der Waals surface area contributed by atoms with E-state index in [4.69, 9.17) is 4.98 Å². The molecule has 0 bridgehead atoms. The van der Waals surface area contributed by atoms with E-state index in [0.29, 0.717) is 0 Å². The average Bonchev–Trinajstić information content (AvgIpc) is 3.83. The Morgan fingerprint density at radius 3 is 1.63 bits per heavy atom. The van der Waals surface area contributed by atoms with Gasteiger partial charge in [-0.25, -0.2) is 4.98 Å². The Labute approximate surface area is 312 Å². The molecule has 0 spiro atoms. The molecule has 0 atom stereocenters. The van der Waals surface area contributed by atoms with Gasteiger partial charge < -0.3 is 9.13 Å². The first-order chi connectivity index (χ1) is 26.5. The average molecular weight is 693 g/mol. The van der Waals surface area contributed by atoms with Crippen LogP contribution in [-0.4, -0.2) is 18.7 Å². The molecule has 256 valence electrons. The van der Waals surface area contributed by atoms with Crippen LogP contribution >= 0.6 is 0 Å². The Morgan fingerprint density at radius 2 is 0.870 bits per heavy atom. The summed E-state index contributed by atoms with van der Waals surface area (Å²) in [6.45, 7) is 6.48. The lowest BCUT2D eigenvalue weighted by molar-refractivity contribution is 1.13. The maximum absolute atomic E-state index is 4.84. The van der Waals surface area contributed by atoms with Crippen LogP contribution in [0.5, 0.6) is 0 Å². The number of benzene rings is 7. The largest absolute Gasteiger partial charge is 0.309 e. The first-order valence-electron chi connectivity index (χ1n) is 18.6. The van der Waals surface area contributed by atoms with Crippen molar-refractivity contribution in [2.24, 2.45) is 0 Å². The summed E-state index contributed by atoms with van der Waals surface area (Å²) < 4.78 is 7.12. The maximum Gasteiger partial charge on any atom is 0.145 e. The first-order valence-corrected chi connectivity index (χ1v) is 18.6. The second-order valence-electron chi connectivity index (χ2n) is 14.8. The molecule has 0 fully saturated rings. The van der Waals surface area contributed by atoms with Crippen molar-refractivity contribution in [1.29, 1.82) is 0 Å². The molecule has 4 heteroatoms. The van der Waals surface area contributed by atoms with Crippen LogP contribution in [0, 0.1) is 20.8 Å². The van der Waals surface area contributed by atoms with Gasteiger partial charge in [-0.3, -0.25) is 4.57 Å². The SMILES string of the molecule is Cc1ccc(-n2c3ccc(-c4cccc(-n5c6ccccc6c6cc(-n7c8ccc(C)cc8c8cc(C)ccc87)ccc65)c4)cc3c3cccnc32)cc1. The molecule has 0 radical (unpaired) electrons. The summed E-state index contributed by atoms with van der Waals surface area (Å²) in [5, 5.41) is 7.41. The number of nitrogens with zero attached hydrogens (tertiary/aromatic N) is 4. The second kappa shape index (κ2) is 11.5. The van der Waals surface area contributed by atoms with Gasteiger partial charge in [-0.15, -0.1) is 0 Å². The molecule has 0 saturated carbocycles. The second-order valence-corrected chi connectivity index (χ2v) is 14.8. The lowest BCUT2D eigenvalue weighted by Crippen LogP contribution is -1.96. The molecular weight excluding hydrogens is 657 g/mol. The fraction of sp³-hybridized carbons (Fsp3) is 0.0600. The Morgan fingerprint density at radius 1 is 0.333 bits per heavy atom. The Balaban J connectivity index is 1.08. The van der Waals surface area contributed by atoms with Crippen molar-refractivity contribution in [1.82, 2.24) is 18.7 Å². The topological polar surface area (TPSA) is 27.7 Å². The van der Waals surface area contributed by atoms with Gasteiger partial charge >= 0.3 is 0 Å². The zero-order valence-electron chi connectivity index (χ0n) is 30.4. The van der Waals surface area contributed by atoms with E-state index >= 15 is 0 Å². The first kappa shape index (κ1) is 30.7. The number of hydrogen-bond donors (Lipinski definition) is 0. The van der Waals surface area contributed by atoms with Gasteiger partial charge in [0.15, 0.2) is 0 Å². The molecule has 11 rings (SSSR count). The highest BCUT2D eigenvalue weighted by Crippen LogP contribution is 2.39. The zero-order valence-corrected chi connectivity index (χ0v) is 30.4. The molecule has 0 aliphatic heterocycles. The predicted molar refractivity (Wildman–Crippen MR) is 227 cm³/mol. The van der Waals surface area contributed by atoms with E-state index in [-0.39, 0.29) is 0 Å². The molecule has 0 unspecified atom stereocenters. The van der Waals surface area contributed by atoms with Crippen molar-refractivity contribution < 1.29 is 0 Å². The van der Waals surface area contributed by atoms with Gasteiger partial charge in [-0.1, -0.05) is 77.4 Å². The van der Waals surface area contributed by atoms with Gasteiger partial charge in [0.2, 0.25) is 0 Å². The standard InChI is InChI=1S/C50H36N4/c1-31-13-18-36(19-14-31)54-49-23-17-35(29-43(49)40-11-7-25-51-50(40)54)34-8-6-9-37(28-34)52-45-12-5-4-10-39(45)44-30-38(20-24-48(44)52)53-46-21-15-32(2)26-41(46)42-27-33(3)16-22-47(42)53/h4-30H,1-3H3. The quantitative estimate of drug-likeness (QED) is 0.180. The highest BCUT2D eigenvalue weighted by atomic mass is 15.0. The zero-order chi connectivity index (χ0) is 36.1. The molecule has 0 aliphatic carbocycles. The third kappa shape index (κ3) is 4.53. The van der Waals surface area contributed by atoms with Crippen LogP contribution in [0.15, 0.2) is 164 Å². The summed E-state index contributed by atoms with van der Waals surface area (Å²) in [7, 11) is 0. The number of aromatic nitrogens is 4. The van der Waals surface area contributed by atoms with Crippen molar-refractivity contribution in [3.63, 3.8) is 0 Å². The monoisotopic (exact) mass is 692 g/mol. The third-order valence-electron chi connectivity index (χ3n) is 11.2. The number of para-hydroxylation sites is 1. The van der Waals surface area contributed by atoms with Crippen molar-refractivity contribution in [3.05, 3.63) is 181 Å². The van der Waals surface area contributed by atoms with Crippen LogP contribution in [0.2, 0.25) is 0 Å². The Bertz CT molecular complexity index is 3240. The van der Waals surface area contributed by atoms with Gasteiger partial charge in [-0.2, -0.15) is 0 Å². The van der Waals surface area contributed by atoms with Crippen LogP contribution in [0.1, 0.15) is 16.7 Å². The smallest absolute Gasteiger partial charge is 0.145 e. The lowest BCUT2D eigenvalue weighted by atomic mass is 10.0. The summed E-state index contributed by atoms with van der Waals surface area (Å²) >= 11 is 0. The van der Waals surface area contributed by atoms with E-state index < -0.39 is 0 Å². The molecule has 0 amide bonds. The number of fused-ring (bicyclic) bond motifs is 9. The summed E-state index contributed by atoms with van der Waals surface area (Å²) in [6.07, 6.45) is 1.88. The van der Waals surface area contributed by atoms with Crippen LogP contribution in [-0.2, 0) is 0 Å². The van der Waals surface area contributed by atoms with Crippen molar-refractivity contribution in [2.75, 3.05) is 0 Å². The normalized spacial score (nSPS) is 12.0. The van der Waals surface area contributed by atoms with Gasteiger partial charge in [0.25, 0.3) is 0 Å². The third-order valence-corrected chi connectivity index (χ3v) is 11.2. The maximum atomic E-state index is 4.84. The Kier molecular flexibility index (Phi) is 6.56. The lowest BCUT2D eigenvalue weighted by Gasteiger charge is -2.12. The highest BCUT2D eigenvalue weighted by molar-refractivity contribution is 6.13. The number of pyridine rings is 1. The van der Waals surface area contributed by atoms with Crippen LogP contribution in [0.25, 0.3) is 93.7 Å². The summed E-state index contributed by atoms with van der Waals surface area (Å²) in [4.78, 5) is 4.84. The predicted octanol–water partition coefficient (Wildman–Crippen LogP) is 13.0. The molecule has 7 aromatic carbocycles.